The van der Waals surface area contributed by atoms with Crippen LogP contribution in [0.3, 0.4) is 0 Å². The molecule has 1 aliphatic rings. The lowest BCUT2D eigenvalue weighted by Crippen LogP contribution is -2.20. The summed E-state index contributed by atoms with van der Waals surface area (Å²) < 4.78 is 16.5. The molecule has 0 aliphatic carbocycles. The third-order valence-corrected chi connectivity index (χ3v) is 2.73. The maximum atomic E-state index is 10.6. The van der Waals surface area contributed by atoms with Gasteiger partial charge in [-0.3, -0.25) is 4.79 Å². The Morgan fingerprint density at radius 2 is 2.29 bits per heavy atom. The van der Waals surface area contributed by atoms with Crippen molar-refractivity contribution in [1.29, 1.82) is 0 Å². The van der Waals surface area contributed by atoms with Gasteiger partial charge in [0.25, 0.3) is 5.91 Å². The number of primary amides is 1. The van der Waals surface area contributed by atoms with Gasteiger partial charge >= 0.3 is 0 Å². The molecule has 2 rings (SSSR count). The van der Waals surface area contributed by atoms with Crippen LogP contribution in [0.4, 0.5) is 0 Å². The molecule has 1 heterocycles. The van der Waals surface area contributed by atoms with Crippen LogP contribution in [0.25, 0.3) is 0 Å². The van der Waals surface area contributed by atoms with Gasteiger partial charge in [-0.1, -0.05) is 0 Å². The Labute approximate surface area is 107 Å². The second kappa shape index (κ2) is 5.37. The lowest BCUT2D eigenvalue weighted by atomic mass is 10.3. The van der Waals surface area contributed by atoms with Crippen LogP contribution in [0.15, 0.2) is 22.7 Å². The SMILES string of the molecule is NC(=O)COc1ccc(OCC2CO2)c(Br)c1. The van der Waals surface area contributed by atoms with Crippen molar-refractivity contribution in [2.45, 2.75) is 6.10 Å². The number of hydrogen-bond donors (Lipinski definition) is 1. The molecule has 1 amide bonds. The van der Waals surface area contributed by atoms with E-state index in [2.05, 4.69) is 15.9 Å². The molecule has 92 valence electrons. The molecule has 1 aromatic carbocycles. The van der Waals surface area contributed by atoms with Crippen molar-refractivity contribution >= 4 is 21.8 Å². The molecule has 1 saturated heterocycles. The summed E-state index contributed by atoms with van der Waals surface area (Å²) in [6.45, 7) is 1.17. The van der Waals surface area contributed by atoms with Gasteiger partial charge in [-0.15, -0.1) is 0 Å². The third-order valence-electron chi connectivity index (χ3n) is 2.11. The molecule has 0 bridgehead atoms. The number of benzene rings is 1. The molecule has 0 spiro atoms. The van der Waals surface area contributed by atoms with Crippen molar-refractivity contribution < 1.29 is 19.0 Å². The minimum atomic E-state index is -0.507. The van der Waals surface area contributed by atoms with Gasteiger partial charge in [0, 0.05) is 0 Å². The monoisotopic (exact) mass is 301 g/mol. The molecule has 17 heavy (non-hydrogen) atoms. The fourth-order valence-corrected chi connectivity index (χ4v) is 1.66. The Bertz CT molecular complexity index is 420. The van der Waals surface area contributed by atoms with E-state index in [1.165, 1.54) is 0 Å². The smallest absolute Gasteiger partial charge is 0.255 e. The van der Waals surface area contributed by atoms with E-state index in [9.17, 15) is 4.79 Å². The van der Waals surface area contributed by atoms with Crippen LogP contribution in [0.1, 0.15) is 0 Å². The van der Waals surface area contributed by atoms with Crippen LogP contribution in [0.2, 0.25) is 0 Å². The molecule has 1 fully saturated rings. The van der Waals surface area contributed by atoms with Gasteiger partial charge in [0.1, 0.15) is 24.2 Å². The number of hydrogen-bond acceptors (Lipinski definition) is 4. The van der Waals surface area contributed by atoms with Gasteiger partial charge in [-0.25, -0.2) is 0 Å². The summed E-state index contributed by atoms with van der Waals surface area (Å²) in [5, 5.41) is 0. The predicted molar refractivity (Wildman–Crippen MR) is 64.1 cm³/mol. The van der Waals surface area contributed by atoms with E-state index < -0.39 is 5.91 Å². The van der Waals surface area contributed by atoms with Gasteiger partial charge < -0.3 is 19.9 Å². The Balaban J connectivity index is 1.92. The zero-order valence-corrected chi connectivity index (χ0v) is 10.6. The molecular weight excluding hydrogens is 290 g/mol. The number of rotatable bonds is 6. The Morgan fingerprint density at radius 1 is 1.53 bits per heavy atom. The average Bonchev–Trinajstić information content (AvgIpc) is 3.09. The van der Waals surface area contributed by atoms with E-state index >= 15 is 0 Å². The number of halogens is 1. The maximum absolute atomic E-state index is 10.6. The summed E-state index contributed by atoms with van der Waals surface area (Å²) in [4.78, 5) is 10.6. The van der Waals surface area contributed by atoms with Crippen molar-refractivity contribution in [3.8, 4) is 11.5 Å². The van der Waals surface area contributed by atoms with Crippen molar-refractivity contribution in [3.63, 3.8) is 0 Å². The Kier molecular flexibility index (Phi) is 3.86. The molecule has 1 unspecified atom stereocenters. The summed E-state index contributed by atoms with van der Waals surface area (Å²) in [5.41, 5.74) is 4.98. The molecule has 5 nitrogen and oxygen atoms in total. The standard InChI is InChI=1S/C11H12BrNO4/c12-9-3-7(16-6-11(13)14)1-2-10(9)17-5-8-4-15-8/h1-3,8H,4-6H2,(H2,13,14). The van der Waals surface area contributed by atoms with Crippen LogP contribution < -0.4 is 15.2 Å². The summed E-state index contributed by atoms with van der Waals surface area (Å²) in [6.07, 6.45) is 0.215. The normalized spacial score (nSPS) is 17.6. The fourth-order valence-electron chi connectivity index (χ4n) is 1.19. The highest BCUT2D eigenvalue weighted by molar-refractivity contribution is 9.10. The number of carbonyl (C=O) groups is 1. The van der Waals surface area contributed by atoms with E-state index in [1.54, 1.807) is 18.2 Å². The lowest BCUT2D eigenvalue weighted by Gasteiger charge is -2.09. The number of ether oxygens (including phenoxy) is 3. The van der Waals surface area contributed by atoms with Crippen molar-refractivity contribution in [2.24, 2.45) is 5.73 Å². The number of carbonyl (C=O) groups excluding carboxylic acids is 1. The highest BCUT2D eigenvalue weighted by atomic mass is 79.9. The first-order valence-corrected chi connectivity index (χ1v) is 5.89. The van der Waals surface area contributed by atoms with E-state index in [4.69, 9.17) is 19.9 Å². The van der Waals surface area contributed by atoms with E-state index in [0.717, 1.165) is 11.1 Å². The van der Waals surface area contributed by atoms with Crippen LogP contribution in [-0.2, 0) is 9.53 Å². The van der Waals surface area contributed by atoms with Gasteiger partial charge in [0.05, 0.1) is 11.1 Å². The van der Waals surface area contributed by atoms with Crippen LogP contribution >= 0.6 is 15.9 Å². The first-order chi connectivity index (χ1) is 8.15. The van der Waals surface area contributed by atoms with E-state index in [0.29, 0.717) is 18.1 Å². The Hall–Kier alpha value is -1.27. The quantitative estimate of drug-likeness (QED) is 0.798. The fraction of sp³-hybridized carbons (Fsp3) is 0.364. The molecule has 6 heteroatoms. The zero-order valence-electron chi connectivity index (χ0n) is 9.02. The highest BCUT2D eigenvalue weighted by Gasteiger charge is 2.23. The van der Waals surface area contributed by atoms with Crippen molar-refractivity contribution in [3.05, 3.63) is 22.7 Å². The number of epoxide rings is 1. The molecule has 2 N–H and O–H groups in total. The Morgan fingerprint density at radius 3 is 2.88 bits per heavy atom. The first kappa shape index (κ1) is 12.2. The molecular formula is C11H12BrNO4. The maximum Gasteiger partial charge on any atom is 0.255 e. The van der Waals surface area contributed by atoms with E-state index in [1.807, 2.05) is 0 Å². The first-order valence-electron chi connectivity index (χ1n) is 5.10. The molecule has 0 aromatic heterocycles. The summed E-state index contributed by atoms with van der Waals surface area (Å²) in [5.74, 6) is 0.768. The van der Waals surface area contributed by atoms with Gasteiger partial charge in [-0.05, 0) is 34.1 Å². The van der Waals surface area contributed by atoms with Crippen LogP contribution in [0.5, 0.6) is 11.5 Å². The summed E-state index contributed by atoms with van der Waals surface area (Å²) in [7, 11) is 0. The molecule has 1 atom stereocenters. The largest absolute Gasteiger partial charge is 0.490 e. The van der Waals surface area contributed by atoms with Gasteiger partial charge in [0.15, 0.2) is 6.61 Å². The molecule has 1 aliphatic heterocycles. The summed E-state index contributed by atoms with van der Waals surface area (Å²) >= 11 is 3.36. The number of nitrogens with two attached hydrogens (primary N) is 1. The average molecular weight is 302 g/mol. The minimum Gasteiger partial charge on any atom is -0.490 e. The third kappa shape index (κ3) is 3.90. The van der Waals surface area contributed by atoms with E-state index in [-0.39, 0.29) is 12.7 Å². The second-order valence-electron chi connectivity index (χ2n) is 3.61. The van der Waals surface area contributed by atoms with Crippen molar-refractivity contribution in [1.82, 2.24) is 0 Å². The molecule has 0 radical (unpaired) electrons. The zero-order chi connectivity index (χ0) is 12.3. The predicted octanol–water partition coefficient (Wildman–Crippen LogP) is 1.09. The minimum absolute atomic E-state index is 0.136. The lowest BCUT2D eigenvalue weighted by molar-refractivity contribution is -0.119. The molecule has 1 aromatic rings. The topological polar surface area (TPSA) is 74.1 Å². The van der Waals surface area contributed by atoms with Crippen LogP contribution in [-0.4, -0.2) is 31.8 Å². The molecule has 0 saturated carbocycles. The summed E-state index contributed by atoms with van der Waals surface area (Å²) in [6, 6.07) is 5.21. The van der Waals surface area contributed by atoms with Gasteiger partial charge in [-0.2, -0.15) is 0 Å². The second-order valence-corrected chi connectivity index (χ2v) is 4.47. The highest BCUT2D eigenvalue weighted by Crippen LogP contribution is 2.29. The van der Waals surface area contributed by atoms with Crippen molar-refractivity contribution in [2.75, 3.05) is 19.8 Å². The van der Waals surface area contributed by atoms with Gasteiger partial charge in [0.2, 0.25) is 0 Å². The van der Waals surface area contributed by atoms with Crippen LogP contribution in [0, 0.1) is 0 Å². The number of amides is 1.